The van der Waals surface area contributed by atoms with E-state index >= 15 is 0 Å². The molecule has 5 rings (SSSR count). The van der Waals surface area contributed by atoms with E-state index in [4.69, 9.17) is 4.98 Å². The highest BCUT2D eigenvalue weighted by molar-refractivity contribution is 7.98. The van der Waals surface area contributed by atoms with Gasteiger partial charge in [-0.25, -0.2) is 4.98 Å². The largest absolute Gasteiger partial charge is 0.240 e. The molecule has 0 aliphatic rings. The molecule has 0 aliphatic heterocycles. The summed E-state index contributed by atoms with van der Waals surface area (Å²) >= 11 is 3.44. The molecule has 5 aromatic rings. The molecule has 3 aromatic carbocycles. The summed E-state index contributed by atoms with van der Waals surface area (Å²) in [4.78, 5) is 4.72. The Morgan fingerprint density at radius 2 is 1.48 bits per heavy atom. The zero-order valence-corrected chi connectivity index (χ0v) is 16.0. The van der Waals surface area contributed by atoms with Crippen LogP contribution in [0.1, 0.15) is 5.01 Å². The third-order valence-corrected chi connectivity index (χ3v) is 6.58. The second-order valence-electron chi connectivity index (χ2n) is 6.13. The zero-order valence-electron chi connectivity index (χ0n) is 14.4. The Hall–Kier alpha value is -2.76. The molecule has 5 heteroatoms. The molecule has 0 fully saturated rings. The average molecular weight is 386 g/mol. The number of thiazole rings is 1. The van der Waals surface area contributed by atoms with E-state index in [1.807, 2.05) is 24.3 Å². The molecule has 0 aliphatic carbocycles. The first-order valence-corrected chi connectivity index (χ1v) is 10.5. The van der Waals surface area contributed by atoms with Gasteiger partial charge in [-0.3, -0.25) is 0 Å². The fourth-order valence-electron chi connectivity index (χ4n) is 3.11. The van der Waals surface area contributed by atoms with Gasteiger partial charge < -0.3 is 0 Å². The van der Waals surface area contributed by atoms with Gasteiger partial charge in [0.1, 0.15) is 15.7 Å². The van der Waals surface area contributed by atoms with Crippen molar-refractivity contribution >= 4 is 44.1 Å². The van der Waals surface area contributed by atoms with Crippen LogP contribution in [-0.4, -0.2) is 15.2 Å². The summed E-state index contributed by atoms with van der Waals surface area (Å²) < 4.78 is 1.23. The highest BCUT2D eigenvalue weighted by Gasteiger charge is 2.12. The van der Waals surface area contributed by atoms with Crippen molar-refractivity contribution in [2.75, 3.05) is 0 Å². The highest BCUT2D eigenvalue weighted by Crippen LogP contribution is 2.34. The van der Waals surface area contributed by atoms with E-state index < -0.39 is 0 Å². The van der Waals surface area contributed by atoms with Crippen molar-refractivity contribution in [3.8, 4) is 11.3 Å². The van der Waals surface area contributed by atoms with E-state index in [2.05, 4.69) is 64.8 Å². The van der Waals surface area contributed by atoms with Crippen LogP contribution in [-0.2, 0) is 5.75 Å². The molecular formula is C22H15N3S2. The van der Waals surface area contributed by atoms with E-state index in [9.17, 15) is 0 Å². The summed E-state index contributed by atoms with van der Waals surface area (Å²) in [5, 5.41) is 13.4. The lowest BCUT2D eigenvalue weighted by molar-refractivity contribution is 0.961. The quantitative estimate of drug-likeness (QED) is 0.345. The minimum absolute atomic E-state index is 0.794. The van der Waals surface area contributed by atoms with Gasteiger partial charge in [0.05, 0.1) is 16.0 Å². The van der Waals surface area contributed by atoms with Gasteiger partial charge in [0.25, 0.3) is 0 Å². The van der Waals surface area contributed by atoms with Crippen LogP contribution in [0.15, 0.2) is 83.9 Å². The van der Waals surface area contributed by atoms with Crippen LogP contribution in [0.2, 0.25) is 0 Å². The van der Waals surface area contributed by atoms with Crippen molar-refractivity contribution < 1.29 is 0 Å². The number of fused-ring (bicyclic) bond motifs is 2. The molecule has 0 radical (unpaired) electrons. The molecule has 0 unspecified atom stereocenters. The van der Waals surface area contributed by atoms with Gasteiger partial charge in [0.15, 0.2) is 0 Å². The fourth-order valence-corrected chi connectivity index (χ4v) is 5.04. The van der Waals surface area contributed by atoms with Crippen LogP contribution in [0.25, 0.3) is 32.2 Å². The average Bonchev–Trinajstić information content (AvgIpc) is 3.15. The van der Waals surface area contributed by atoms with Crippen LogP contribution in [0, 0.1) is 0 Å². The maximum Gasteiger partial charge on any atom is 0.127 e. The minimum Gasteiger partial charge on any atom is -0.240 e. The summed E-state index contributed by atoms with van der Waals surface area (Å²) in [5.41, 5.74) is 3.08. The molecule has 2 heterocycles. The number of rotatable bonds is 4. The maximum absolute atomic E-state index is 4.72. The number of benzene rings is 3. The first kappa shape index (κ1) is 16.4. The van der Waals surface area contributed by atoms with E-state index in [-0.39, 0.29) is 0 Å². The molecule has 2 aromatic heterocycles. The van der Waals surface area contributed by atoms with Crippen LogP contribution < -0.4 is 0 Å². The summed E-state index contributed by atoms with van der Waals surface area (Å²) in [6.07, 6.45) is 0. The Bertz CT molecular complexity index is 1200. The van der Waals surface area contributed by atoms with Gasteiger partial charge in [-0.1, -0.05) is 78.5 Å². The van der Waals surface area contributed by atoms with Crippen molar-refractivity contribution in [2.24, 2.45) is 0 Å². The minimum atomic E-state index is 0.794. The highest BCUT2D eigenvalue weighted by atomic mass is 32.2. The van der Waals surface area contributed by atoms with Crippen molar-refractivity contribution in [1.82, 2.24) is 15.2 Å². The molecule has 130 valence electrons. The van der Waals surface area contributed by atoms with Crippen LogP contribution in [0.3, 0.4) is 0 Å². The number of hydrogen-bond acceptors (Lipinski definition) is 5. The monoisotopic (exact) mass is 385 g/mol. The Morgan fingerprint density at radius 1 is 0.741 bits per heavy atom. The third kappa shape index (κ3) is 3.20. The molecule has 0 saturated heterocycles. The summed E-state index contributed by atoms with van der Waals surface area (Å²) in [6.45, 7) is 0. The molecule has 3 nitrogen and oxygen atoms in total. The predicted octanol–water partition coefficient (Wildman–Crippen LogP) is 6.20. The molecule has 0 saturated carbocycles. The van der Waals surface area contributed by atoms with E-state index in [0.717, 1.165) is 43.3 Å². The smallest absolute Gasteiger partial charge is 0.127 e. The fraction of sp³-hybridized carbons (Fsp3) is 0.0455. The van der Waals surface area contributed by atoms with Crippen LogP contribution in [0.4, 0.5) is 0 Å². The number of para-hydroxylation sites is 1. The Kier molecular flexibility index (Phi) is 4.32. The molecule has 0 atom stereocenters. The number of nitrogens with zero attached hydrogens (tertiary/aromatic N) is 3. The van der Waals surface area contributed by atoms with Crippen molar-refractivity contribution in [3.63, 3.8) is 0 Å². The van der Waals surface area contributed by atoms with E-state index in [1.165, 1.54) is 4.70 Å². The molecule has 27 heavy (non-hydrogen) atoms. The molecule has 0 bridgehead atoms. The van der Waals surface area contributed by atoms with Crippen molar-refractivity contribution in [2.45, 2.75) is 10.8 Å². The van der Waals surface area contributed by atoms with Gasteiger partial charge in [0.2, 0.25) is 0 Å². The maximum atomic E-state index is 4.72. The SMILES string of the molecule is c1ccc(-c2nnc(SCc3nc4ccccc4s3)c3ccccc23)cc1. The van der Waals surface area contributed by atoms with Crippen LogP contribution >= 0.6 is 23.1 Å². The van der Waals surface area contributed by atoms with Crippen molar-refractivity contribution in [1.29, 1.82) is 0 Å². The summed E-state index contributed by atoms with van der Waals surface area (Å²) in [5.74, 6) is 0.794. The summed E-state index contributed by atoms with van der Waals surface area (Å²) in [7, 11) is 0. The Morgan fingerprint density at radius 3 is 2.33 bits per heavy atom. The van der Waals surface area contributed by atoms with E-state index in [0.29, 0.717) is 0 Å². The first-order valence-electron chi connectivity index (χ1n) is 8.66. The van der Waals surface area contributed by atoms with Crippen LogP contribution in [0.5, 0.6) is 0 Å². The standard InChI is InChI=1S/C22H15N3S2/c1-2-8-15(9-3-1)21-16-10-4-5-11-17(16)22(25-24-21)26-14-20-23-18-12-6-7-13-19(18)27-20/h1-13H,14H2. The van der Waals surface area contributed by atoms with Gasteiger partial charge in [-0.05, 0) is 12.1 Å². The first-order chi connectivity index (χ1) is 13.4. The Labute approximate surface area is 165 Å². The number of hydrogen-bond donors (Lipinski definition) is 0. The lowest BCUT2D eigenvalue weighted by atomic mass is 10.1. The molecule has 0 amide bonds. The molecule has 0 N–H and O–H groups in total. The second kappa shape index (κ2) is 7.10. The normalized spacial score (nSPS) is 11.3. The molecular weight excluding hydrogens is 370 g/mol. The van der Waals surface area contributed by atoms with Gasteiger partial charge in [-0.2, -0.15) is 0 Å². The lowest BCUT2D eigenvalue weighted by Gasteiger charge is -2.08. The van der Waals surface area contributed by atoms with Gasteiger partial charge in [-0.15, -0.1) is 21.5 Å². The number of thioether (sulfide) groups is 1. The summed E-state index contributed by atoms with van der Waals surface area (Å²) in [6, 6.07) is 26.8. The lowest BCUT2D eigenvalue weighted by Crippen LogP contribution is -1.94. The van der Waals surface area contributed by atoms with Crippen molar-refractivity contribution in [3.05, 3.63) is 83.9 Å². The topological polar surface area (TPSA) is 38.7 Å². The predicted molar refractivity (Wildman–Crippen MR) is 114 cm³/mol. The van der Waals surface area contributed by atoms with E-state index in [1.54, 1.807) is 23.1 Å². The Balaban J connectivity index is 1.50. The van der Waals surface area contributed by atoms with Gasteiger partial charge >= 0.3 is 0 Å². The third-order valence-electron chi connectivity index (χ3n) is 4.37. The molecule has 0 spiro atoms. The zero-order chi connectivity index (χ0) is 18.1. The van der Waals surface area contributed by atoms with Gasteiger partial charge in [0, 0.05) is 16.3 Å². The second-order valence-corrected chi connectivity index (χ2v) is 8.21. The number of aromatic nitrogens is 3.